The molecule has 0 amide bonds. The van der Waals surface area contributed by atoms with E-state index in [1.807, 2.05) is 0 Å². The number of anilines is 1. The Labute approximate surface area is 122 Å². The van der Waals surface area contributed by atoms with Crippen LogP contribution in [0.4, 0.5) is 10.1 Å². The standard InChI is InChI=1S/C10H6BrClFN3O2S/c11-6-3-8(10(12)15-4-6)16-19(17,18)9-5-14-2-1-7(9)13/h1-5,16H. The minimum absolute atomic E-state index is 0.0410. The number of aromatic nitrogens is 2. The molecule has 0 unspecified atom stereocenters. The Morgan fingerprint density at radius 1 is 1.37 bits per heavy atom. The first-order valence-electron chi connectivity index (χ1n) is 4.83. The molecule has 0 bridgehead atoms. The molecule has 9 heteroatoms. The van der Waals surface area contributed by atoms with E-state index in [9.17, 15) is 12.8 Å². The zero-order valence-electron chi connectivity index (χ0n) is 9.14. The first kappa shape index (κ1) is 14.2. The normalized spacial score (nSPS) is 11.3. The highest BCUT2D eigenvalue weighted by Gasteiger charge is 2.20. The maximum Gasteiger partial charge on any atom is 0.266 e. The molecule has 5 nitrogen and oxygen atoms in total. The van der Waals surface area contributed by atoms with Gasteiger partial charge in [-0.25, -0.2) is 17.8 Å². The van der Waals surface area contributed by atoms with Crippen molar-refractivity contribution >= 4 is 43.2 Å². The van der Waals surface area contributed by atoms with Gasteiger partial charge in [0.15, 0.2) is 5.15 Å². The van der Waals surface area contributed by atoms with Crippen LogP contribution in [0, 0.1) is 5.82 Å². The molecule has 0 atom stereocenters. The zero-order valence-corrected chi connectivity index (χ0v) is 12.3. The van der Waals surface area contributed by atoms with Crippen LogP contribution in [0.25, 0.3) is 0 Å². The minimum atomic E-state index is -4.12. The van der Waals surface area contributed by atoms with Crippen molar-refractivity contribution in [3.8, 4) is 0 Å². The number of nitrogens with zero attached hydrogens (tertiary/aromatic N) is 2. The summed E-state index contributed by atoms with van der Waals surface area (Å²) in [6, 6.07) is 2.37. The second kappa shape index (κ2) is 5.40. The lowest BCUT2D eigenvalue weighted by atomic mass is 10.4. The van der Waals surface area contributed by atoms with Crippen molar-refractivity contribution in [3.05, 3.63) is 46.2 Å². The molecule has 0 aliphatic heterocycles. The van der Waals surface area contributed by atoms with Gasteiger partial charge in [0.1, 0.15) is 10.7 Å². The van der Waals surface area contributed by atoms with Gasteiger partial charge in [-0.3, -0.25) is 9.71 Å². The SMILES string of the molecule is O=S(=O)(Nc1cc(Br)cnc1Cl)c1cnccc1F. The average molecular weight is 367 g/mol. The Morgan fingerprint density at radius 3 is 2.79 bits per heavy atom. The van der Waals surface area contributed by atoms with Crippen LogP contribution in [-0.4, -0.2) is 18.4 Å². The van der Waals surface area contributed by atoms with Crippen molar-refractivity contribution in [1.29, 1.82) is 0 Å². The lowest BCUT2D eigenvalue weighted by molar-refractivity contribution is 0.567. The highest BCUT2D eigenvalue weighted by molar-refractivity contribution is 9.10. The number of hydrogen-bond donors (Lipinski definition) is 1. The molecule has 0 aliphatic carbocycles. The third kappa shape index (κ3) is 3.20. The van der Waals surface area contributed by atoms with Gasteiger partial charge in [0.25, 0.3) is 10.0 Å². The molecule has 2 aromatic heterocycles. The molecule has 0 radical (unpaired) electrons. The van der Waals surface area contributed by atoms with E-state index >= 15 is 0 Å². The van der Waals surface area contributed by atoms with Gasteiger partial charge in [-0.15, -0.1) is 0 Å². The summed E-state index contributed by atoms with van der Waals surface area (Å²) in [5.41, 5.74) is 0.0410. The van der Waals surface area contributed by atoms with Crippen molar-refractivity contribution in [2.75, 3.05) is 4.72 Å². The second-order valence-corrected chi connectivity index (χ2v) is 6.33. The Morgan fingerprint density at radius 2 is 2.11 bits per heavy atom. The molecule has 2 aromatic rings. The van der Waals surface area contributed by atoms with E-state index in [0.29, 0.717) is 4.47 Å². The van der Waals surface area contributed by atoms with E-state index in [1.165, 1.54) is 12.3 Å². The summed E-state index contributed by atoms with van der Waals surface area (Å²) in [5, 5.41) is -0.0453. The fourth-order valence-corrected chi connectivity index (χ4v) is 2.87. The molecule has 0 spiro atoms. The van der Waals surface area contributed by atoms with Crippen LogP contribution in [0.5, 0.6) is 0 Å². The molecule has 2 rings (SSSR count). The van der Waals surface area contributed by atoms with Crippen molar-refractivity contribution in [2.45, 2.75) is 4.90 Å². The van der Waals surface area contributed by atoms with Gasteiger partial charge in [-0.1, -0.05) is 11.6 Å². The molecule has 0 saturated carbocycles. The number of rotatable bonds is 3. The van der Waals surface area contributed by atoms with E-state index in [-0.39, 0.29) is 10.8 Å². The Kier molecular flexibility index (Phi) is 4.02. The third-order valence-electron chi connectivity index (χ3n) is 2.07. The van der Waals surface area contributed by atoms with E-state index in [2.05, 4.69) is 30.6 Å². The Hall–Kier alpha value is -1.25. The molecule has 0 aromatic carbocycles. The van der Waals surface area contributed by atoms with Gasteiger partial charge in [0.05, 0.1) is 11.9 Å². The largest absolute Gasteiger partial charge is 0.276 e. The summed E-state index contributed by atoms with van der Waals surface area (Å²) in [7, 11) is -4.12. The first-order chi connectivity index (χ1) is 8.90. The summed E-state index contributed by atoms with van der Waals surface area (Å²) < 4.78 is 40.1. The van der Waals surface area contributed by atoms with Crippen LogP contribution in [0.15, 0.2) is 40.1 Å². The number of nitrogens with one attached hydrogen (secondary N) is 1. The Balaban J connectivity index is 2.43. The molecule has 1 N–H and O–H groups in total. The average Bonchev–Trinajstić information content (AvgIpc) is 2.34. The topological polar surface area (TPSA) is 72.0 Å². The number of hydrogen-bond acceptors (Lipinski definition) is 4. The number of halogens is 3. The quantitative estimate of drug-likeness (QED) is 0.848. The van der Waals surface area contributed by atoms with E-state index in [1.54, 1.807) is 0 Å². The molecule has 0 fully saturated rings. The van der Waals surface area contributed by atoms with E-state index in [0.717, 1.165) is 18.5 Å². The molecule has 100 valence electrons. The van der Waals surface area contributed by atoms with Crippen molar-refractivity contribution < 1.29 is 12.8 Å². The van der Waals surface area contributed by atoms with Gasteiger partial charge in [-0.2, -0.15) is 0 Å². The third-order valence-corrected chi connectivity index (χ3v) is 4.18. The predicted molar refractivity (Wildman–Crippen MR) is 72.0 cm³/mol. The summed E-state index contributed by atoms with van der Waals surface area (Å²) in [6.45, 7) is 0. The molecular weight excluding hydrogens is 361 g/mol. The number of sulfonamides is 1. The second-order valence-electron chi connectivity index (χ2n) is 3.40. The van der Waals surface area contributed by atoms with Gasteiger partial charge in [0, 0.05) is 16.9 Å². The highest BCUT2D eigenvalue weighted by atomic mass is 79.9. The maximum absolute atomic E-state index is 13.5. The predicted octanol–water partition coefficient (Wildman–Crippen LogP) is 2.83. The van der Waals surface area contributed by atoms with E-state index in [4.69, 9.17) is 11.6 Å². The fraction of sp³-hybridized carbons (Fsp3) is 0. The molecule has 19 heavy (non-hydrogen) atoms. The van der Waals surface area contributed by atoms with Crippen LogP contribution in [0.2, 0.25) is 5.15 Å². The highest BCUT2D eigenvalue weighted by Crippen LogP contribution is 2.26. The molecular formula is C10H6BrClFN3O2S. The lowest BCUT2D eigenvalue weighted by Gasteiger charge is -2.09. The van der Waals surface area contributed by atoms with Gasteiger partial charge in [0.2, 0.25) is 0 Å². The van der Waals surface area contributed by atoms with Crippen molar-refractivity contribution in [3.63, 3.8) is 0 Å². The molecule has 0 saturated heterocycles. The van der Waals surface area contributed by atoms with Crippen LogP contribution >= 0.6 is 27.5 Å². The van der Waals surface area contributed by atoms with Crippen LogP contribution in [0.1, 0.15) is 0 Å². The van der Waals surface area contributed by atoms with Crippen molar-refractivity contribution in [2.24, 2.45) is 0 Å². The summed E-state index contributed by atoms with van der Waals surface area (Å²) in [6.07, 6.45) is 3.48. The summed E-state index contributed by atoms with van der Waals surface area (Å²) in [5.74, 6) is -0.901. The summed E-state index contributed by atoms with van der Waals surface area (Å²) in [4.78, 5) is 6.77. The first-order valence-corrected chi connectivity index (χ1v) is 7.49. The number of pyridine rings is 2. The zero-order chi connectivity index (χ0) is 14.0. The maximum atomic E-state index is 13.5. The molecule has 2 heterocycles. The Bertz CT molecular complexity index is 726. The monoisotopic (exact) mass is 365 g/mol. The van der Waals surface area contributed by atoms with Gasteiger partial charge < -0.3 is 0 Å². The van der Waals surface area contributed by atoms with Crippen LogP contribution in [-0.2, 0) is 10.0 Å². The van der Waals surface area contributed by atoms with Crippen molar-refractivity contribution in [1.82, 2.24) is 9.97 Å². The van der Waals surface area contributed by atoms with E-state index < -0.39 is 20.7 Å². The smallest absolute Gasteiger partial charge is 0.266 e. The lowest BCUT2D eigenvalue weighted by Crippen LogP contribution is -2.15. The fourth-order valence-electron chi connectivity index (χ4n) is 1.25. The molecule has 0 aliphatic rings. The van der Waals surface area contributed by atoms with Gasteiger partial charge >= 0.3 is 0 Å². The van der Waals surface area contributed by atoms with Crippen LogP contribution in [0.3, 0.4) is 0 Å². The van der Waals surface area contributed by atoms with Crippen LogP contribution < -0.4 is 4.72 Å². The summed E-state index contributed by atoms with van der Waals surface area (Å²) >= 11 is 8.89. The van der Waals surface area contributed by atoms with Gasteiger partial charge in [-0.05, 0) is 28.1 Å². The minimum Gasteiger partial charge on any atom is -0.276 e.